The smallest absolute Gasteiger partial charge is 0.269 e. The predicted octanol–water partition coefficient (Wildman–Crippen LogP) is 3.42. The Morgan fingerprint density at radius 1 is 1.13 bits per heavy atom. The van der Waals surface area contributed by atoms with Gasteiger partial charge in [0.05, 0.1) is 17.2 Å². The maximum atomic E-state index is 10.8. The summed E-state index contributed by atoms with van der Waals surface area (Å²) in [6, 6.07) is 14.2. The predicted molar refractivity (Wildman–Crippen MR) is 108 cm³/mol. The first kappa shape index (κ1) is 19.4. The molecule has 4 rings (SSSR count). The molecular weight excluding hydrogens is 386 g/mol. The van der Waals surface area contributed by atoms with E-state index in [2.05, 4.69) is 32.1 Å². The lowest BCUT2D eigenvalue weighted by Gasteiger charge is -2.23. The van der Waals surface area contributed by atoms with Crippen molar-refractivity contribution in [1.82, 2.24) is 29.9 Å². The molecule has 0 amide bonds. The number of hydrogen-bond donors (Lipinski definition) is 0. The first-order chi connectivity index (χ1) is 14.5. The van der Waals surface area contributed by atoms with E-state index in [1.807, 2.05) is 31.3 Å². The van der Waals surface area contributed by atoms with Gasteiger partial charge >= 0.3 is 0 Å². The minimum absolute atomic E-state index is 0.0156. The normalized spacial score (nSPS) is 12.2. The summed E-state index contributed by atoms with van der Waals surface area (Å²) in [5.41, 5.74) is 2.73. The van der Waals surface area contributed by atoms with Crippen LogP contribution in [0.2, 0.25) is 0 Å². The Bertz CT molecular complexity index is 1120. The van der Waals surface area contributed by atoms with Gasteiger partial charge in [-0.15, -0.1) is 10.2 Å². The van der Waals surface area contributed by atoms with Crippen molar-refractivity contribution in [2.45, 2.75) is 19.5 Å². The zero-order valence-electron chi connectivity index (χ0n) is 16.4. The molecule has 10 nitrogen and oxygen atoms in total. The zero-order chi connectivity index (χ0) is 21.1. The molecular formula is C20H19N7O3. The molecule has 0 bridgehead atoms. The highest BCUT2D eigenvalue weighted by Crippen LogP contribution is 2.24. The molecule has 0 aliphatic rings. The quantitative estimate of drug-likeness (QED) is 0.339. The number of non-ortho nitro benzene ring substituents is 1. The van der Waals surface area contributed by atoms with Gasteiger partial charge in [-0.05, 0) is 43.8 Å². The van der Waals surface area contributed by atoms with Crippen LogP contribution in [0, 0.1) is 10.1 Å². The molecule has 0 spiro atoms. The van der Waals surface area contributed by atoms with E-state index in [0.29, 0.717) is 23.9 Å². The van der Waals surface area contributed by atoms with Crippen LogP contribution in [0.15, 0.2) is 65.6 Å². The van der Waals surface area contributed by atoms with Gasteiger partial charge in [-0.1, -0.05) is 12.1 Å². The summed E-state index contributed by atoms with van der Waals surface area (Å²) in [5.74, 6) is 0.801. The molecule has 2 aromatic heterocycles. The highest BCUT2D eigenvalue weighted by Gasteiger charge is 2.17. The third-order valence-electron chi connectivity index (χ3n) is 4.90. The Kier molecular flexibility index (Phi) is 5.31. The van der Waals surface area contributed by atoms with Crippen molar-refractivity contribution in [2.24, 2.45) is 0 Å². The van der Waals surface area contributed by atoms with E-state index in [0.717, 1.165) is 11.3 Å². The molecule has 30 heavy (non-hydrogen) atoms. The lowest BCUT2D eigenvalue weighted by atomic mass is 10.1. The average Bonchev–Trinajstić information content (AvgIpc) is 3.46. The van der Waals surface area contributed by atoms with Gasteiger partial charge in [-0.2, -0.15) is 5.10 Å². The highest BCUT2D eigenvalue weighted by atomic mass is 16.6. The fourth-order valence-corrected chi connectivity index (χ4v) is 3.01. The molecule has 0 radical (unpaired) electrons. The van der Waals surface area contributed by atoms with Gasteiger partial charge in [0.25, 0.3) is 5.69 Å². The summed E-state index contributed by atoms with van der Waals surface area (Å²) in [5, 5.41) is 23.1. The van der Waals surface area contributed by atoms with Gasteiger partial charge < -0.3 is 4.42 Å². The van der Waals surface area contributed by atoms with E-state index in [4.69, 9.17) is 4.42 Å². The van der Waals surface area contributed by atoms with Crippen LogP contribution in [0.1, 0.15) is 24.4 Å². The van der Waals surface area contributed by atoms with E-state index < -0.39 is 4.92 Å². The van der Waals surface area contributed by atoms with E-state index in [1.165, 1.54) is 18.5 Å². The van der Waals surface area contributed by atoms with Crippen LogP contribution in [0.4, 0.5) is 5.69 Å². The molecule has 4 aromatic rings. The SMILES string of the molecule is CC(c1ccc(-n2cncn2)cc1)N(C)Cc1nnc(-c2ccc([N+](=O)[O-])cc2)o1. The first-order valence-electron chi connectivity index (χ1n) is 9.23. The lowest BCUT2D eigenvalue weighted by molar-refractivity contribution is -0.384. The molecule has 0 aliphatic carbocycles. The van der Waals surface area contributed by atoms with E-state index >= 15 is 0 Å². The summed E-state index contributed by atoms with van der Waals surface area (Å²) >= 11 is 0. The van der Waals surface area contributed by atoms with Crippen molar-refractivity contribution in [3.63, 3.8) is 0 Å². The van der Waals surface area contributed by atoms with Crippen LogP contribution < -0.4 is 0 Å². The molecule has 2 heterocycles. The van der Waals surface area contributed by atoms with Crippen LogP contribution in [-0.4, -0.2) is 41.8 Å². The average molecular weight is 405 g/mol. The van der Waals surface area contributed by atoms with Crippen LogP contribution in [0.5, 0.6) is 0 Å². The fourth-order valence-electron chi connectivity index (χ4n) is 3.01. The second-order valence-electron chi connectivity index (χ2n) is 6.83. The molecule has 10 heteroatoms. The summed E-state index contributed by atoms with van der Waals surface area (Å²) in [6.45, 7) is 2.56. The monoisotopic (exact) mass is 405 g/mol. The molecule has 0 N–H and O–H groups in total. The van der Waals surface area contributed by atoms with Crippen molar-refractivity contribution >= 4 is 5.69 Å². The zero-order valence-corrected chi connectivity index (χ0v) is 16.4. The van der Waals surface area contributed by atoms with Crippen LogP contribution >= 0.6 is 0 Å². The molecule has 0 fully saturated rings. The molecule has 2 aromatic carbocycles. The second-order valence-corrected chi connectivity index (χ2v) is 6.83. The van der Waals surface area contributed by atoms with Gasteiger partial charge in [0.15, 0.2) is 0 Å². The maximum Gasteiger partial charge on any atom is 0.269 e. The van der Waals surface area contributed by atoms with E-state index in [1.54, 1.807) is 23.1 Å². The number of nitro benzene ring substituents is 1. The minimum atomic E-state index is -0.447. The highest BCUT2D eigenvalue weighted by molar-refractivity contribution is 5.55. The largest absolute Gasteiger partial charge is 0.419 e. The number of benzene rings is 2. The van der Waals surface area contributed by atoms with Crippen molar-refractivity contribution in [1.29, 1.82) is 0 Å². The summed E-state index contributed by atoms with van der Waals surface area (Å²) in [4.78, 5) is 16.4. The molecule has 152 valence electrons. The Hall–Kier alpha value is -3.92. The molecule has 0 saturated carbocycles. The van der Waals surface area contributed by atoms with Crippen molar-refractivity contribution in [3.05, 3.63) is 82.8 Å². The number of nitrogens with zero attached hydrogens (tertiary/aromatic N) is 7. The summed E-state index contributed by atoms with van der Waals surface area (Å²) < 4.78 is 7.45. The van der Waals surface area contributed by atoms with E-state index in [9.17, 15) is 10.1 Å². The Balaban J connectivity index is 1.42. The van der Waals surface area contributed by atoms with Crippen LogP contribution in [0.3, 0.4) is 0 Å². The van der Waals surface area contributed by atoms with Crippen molar-refractivity contribution in [3.8, 4) is 17.1 Å². The Labute approximate surface area is 172 Å². The van der Waals surface area contributed by atoms with Gasteiger partial charge in [0.1, 0.15) is 12.7 Å². The Morgan fingerprint density at radius 2 is 1.87 bits per heavy atom. The maximum absolute atomic E-state index is 10.8. The molecule has 1 atom stereocenters. The second kappa shape index (κ2) is 8.21. The van der Waals surface area contributed by atoms with Gasteiger partial charge in [-0.3, -0.25) is 15.0 Å². The van der Waals surface area contributed by atoms with Crippen molar-refractivity contribution < 1.29 is 9.34 Å². The van der Waals surface area contributed by atoms with E-state index in [-0.39, 0.29) is 11.7 Å². The van der Waals surface area contributed by atoms with Crippen molar-refractivity contribution in [2.75, 3.05) is 7.05 Å². The molecule has 1 unspecified atom stereocenters. The molecule has 0 saturated heterocycles. The number of rotatable bonds is 7. The lowest BCUT2D eigenvalue weighted by Crippen LogP contribution is -2.22. The summed E-state index contributed by atoms with van der Waals surface area (Å²) in [6.07, 6.45) is 3.16. The van der Waals surface area contributed by atoms with Gasteiger partial charge in [0, 0.05) is 23.7 Å². The number of hydrogen-bond acceptors (Lipinski definition) is 8. The topological polar surface area (TPSA) is 116 Å². The third kappa shape index (κ3) is 4.08. The standard InChI is InChI=1S/C20H19N7O3/c1-14(15-3-7-17(8-4-15)26-13-21-12-22-26)25(2)11-19-23-24-20(30-19)16-5-9-18(10-6-16)27(28)29/h3-10,12-14H,11H2,1-2H3. The molecule has 0 aliphatic heterocycles. The number of nitro groups is 1. The first-order valence-corrected chi connectivity index (χ1v) is 9.23. The van der Waals surface area contributed by atoms with Gasteiger partial charge in [0.2, 0.25) is 11.8 Å². The summed E-state index contributed by atoms with van der Waals surface area (Å²) in [7, 11) is 1.98. The van der Waals surface area contributed by atoms with Crippen LogP contribution in [-0.2, 0) is 6.54 Å². The number of aromatic nitrogens is 5. The Morgan fingerprint density at radius 3 is 2.50 bits per heavy atom. The van der Waals surface area contributed by atoms with Crippen LogP contribution in [0.25, 0.3) is 17.1 Å². The van der Waals surface area contributed by atoms with Gasteiger partial charge in [-0.25, -0.2) is 9.67 Å². The third-order valence-corrected chi connectivity index (χ3v) is 4.90. The fraction of sp³-hybridized carbons (Fsp3) is 0.200. The minimum Gasteiger partial charge on any atom is -0.419 e.